The van der Waals surface area contributed by atoms with Crippen molar-refractivity contribution in [2.24, 2.45) is 0 Å². The van der Waals surface area contributed by atoms with E-state index in [1.807, 2.05) is 6.92 Å². The predicted octanol–water partition coefficient (Wildman–Crippen LogP) is 0.516. The van der Waals surface area contributed by atoms with Gasteiger partial charge in [-0.1, -0.05) is 17.7 Å². The normalized spacial score (nSPS) is 29.7. The van der Waals surface area contributed by atoms with E-state index in [9.17, 15) is 13.5 Å². The maximum atomic E-state index is 12.8. The summed E-state index contributed by atoms with van der Waals surface area (Å²) in [5.74, 6) is 0. The number of ether oxygens (including phenoxy) is 3. The largest absolute Gasteiger partial charge is 0.394 e. The number of aliphatic hydroxyl groups is 1. The van der Waals surface area contributed by atoms with E-state index in [1.165, 1.54) is 14.2 Å². The average molecular weight is 316 g/mol. The minimum Gasteiger partial charge on any atom is -0.394 e. The molecule has 1 aromatic rings. The maximum absolute atomic E-state index is 12.8. The SMILES string of the molecule is CO[C@@H]1O[C@H](CO)[C@H](S(=O)(=O)c2ccc(C)cc2)[C@H]1OC. The third-order valence-electron chi connectivity index (χ3n) is 3.66. The van der Waals surface area contributed by atoms with Gasteiger partial charge in [0.2, 0.25) is 0 Å². The highest BCUT2D eigenvalue weighted by Gasteiger charge is 2.52. The lowest BCUT2D eigenvalue weighted by Crippen LogP contribution is -2.42. The lowest BCUT2D eigenvalue weighted by atomic mass is 10.2. The van der Waals surface area contributed by atoms with Gasteiger partial charge in [0.15, 0.2) is 16.1 Å². The predicted molar refractivity (Wildman–Crippen MR) is 75.7 cm³/mol. The fourth-order valence-electron chi connectivity index (χ4n) is 2.54. The third-order valence-corrected chi connectivity index (χ3v) is 5.88. The van der Waals surface area contributed by atoms with Crippen molar-refractivity contribution < 1.29 is 27.7 Å². The number of aliphatic hydroxyl groups excluding tert-OH is 1. The summed E-state index contributed by atoms with van der Waals surface area (Å²) in [5, 5.41) is 8.40. The van der Waals surface area contributed by atoms with Crippen molar-refractivity contribution in [1.82, 2.24) is 0 Å². The van der Waals surface area contributed by atoms with Gasteiger partial charge in [-0.25, -0.2) is 8.42 Å². The minimum absolute atomic E-state index is 0.180. The summed E-state index contributed by atoms with van der Waals surface area (Å²) in [5.41, 5.74) is 0.966. The molecule has 0 saturated carbocycles. The van der Waals surface area contributed by atoms with Crippen LogP contribution in [0.5, 0.6) is 0 Å². The van der Waals surface area contributed by atoms with Gasteiger partial charge in [0.1, 0.15) is 17.5 Å². The van der Waals surface area contributed by atoms with Crippen molar-refractivity contribution in [2.75, 3.05) is 20.8 Å². The zero-order chi connectivity index (χ0) is 15.6. The molecule has 1 heterocycles. The molecule has 1 saturated heterocycles. The molecule has 0 spiro atoms. The van der Waals surface area contributed by atoms with Crippen molar-refractivity contribution in [3.05, 3.63) is 29.8 Å². The highest BCUT2D eigenvalue weighted by atomic mass is 32.2. The van der Waals surface area contributed by atoms with E-state index < -0.39 is 40.2 Å². The molecule has 2 rings (SSSR count). The highest BCUT2D eigenvalue weighted by Crippen LogP contribution is 2.33. The van der Waals surface area contributed by atoms with Crippen LogP contribution >= 0.6 is 0 Å². The summed E-state index contributed by atoms with van der Waals surface area (Å²) >= 11 is 0. The summed E-state index contributed by atoms with van der Waals surface area (Å²) < 4.78 is 41.4. The Morgan fingerprint density at radius 2 is 1.81 bits per heavy atom. The molecule has 1 aromatic carbocycles. The van der Waals surface area contributed by atoms with Crippen LogP contribution in [-0.4, -0.2) is 58.1 Å². The Labute approximate surface area is 124 Å². The van der Waals surface area contributed by atoms with Crippen molar-refractivity contribution in [3.8, 4) is 0 Å². The lowest BCUT2D eigenvalue weighted by molar-refractivity contribution is -0.159. The molecule has 1 aliphatic heterocycles. The quantitative estimate of drug-likeness (QED) is 0.852. The van der Waals surface area contributed by atoms with Gasteiger partial charge in [0.05, 0.1) is 11.5 Å². The lowest BCUT2D eigenvalue weighted by Gasteiger charge is -2.22. The maximum Gasteiger partial charge on any atom is 0.186 e. The standard InChI is InChI=1S/C14H20O6S/c1-9-4-6-10(7-5-9)21(16,17)13-11(8-15)20-14(19-3)12(13)18-2/h4-7,11-15H,8H2,1-3H3/t11-,12-,13+,14-/m1/s1. The summed E-state index contributed by atoms with van der Waals surface area (Å²) in [6.45, 7) is 1.46. The molecule has 1 aliphatic rings. The van der Waals surface area contributed by atoms with Gasteiger partial charge >= 0.3 is 0 Å². The molecular weight excluding hydrogens is 296 g/mol. The summed E-state index contributed by atoms with van der Waals surface area (Å²) in [6.07, 6.45) is -2.50. The van der Waals surface area contributed by atoms with Crippen molar-refractivity contribution in [3.63, 3.8) is 0 Å². The second kappa shape index (κ2) is 6.41. The van der Waals surface area contributed by atoms with Crippen LogP contribution < -0.4 is 0 Å². The molecule has 1 N–H and O–H groups in total. The van der Waals surface area contributed by atoms with Gasteiger partial charge in [-0.05, 0) is 19.1 Å². The Bertz CT molecular complexity index is 568. The molecule has 0 unspecified atom stereocenters. The zero-order valence-electron chi connectivity index (χ0n) is 12.2. The second-order valence-electron chi connectivity index (χ2n) is 4.98. The molecule has 4 atom stereocenters. The van der Waals surface area contributed by atoms with Crippen LogP contribution in [0.25, 0.3) is 0 Å². The molecule has 7 heteroatoms. The van der Waals surface area contributed by atoms with Gasteiger partial charge in [-0.15, -0.1) is 0 Å². The van der Waals surface area contributed by atoms with Crippen LogP contribution in [0.3, 0.4) is 0 Å². The van der Waals surface area contributed by atoms with E-state index in [2.05, 4.69) is 0 Å². The molecule has 0 bridgehead atoms. The third kappa shape index (κ3) is 2.97. The van der Waals surface area contributed by atoms with Crippen LogP contribution in [-0.2, 0) is 24.0 Å². The van der Waals surface area contributed by atoms with Gasteiger partial charge in [0.25, 0.3) is 0 Å². The molecule has 0 aromatic heterocycles. The molecule has 21 heavy (non-hydrogen) atoms. The molecule has 0 radical (unpaired) electrons. The number of sulfone groups is 1. The van der Waals surface area contributed by atoms with E-state index in [0.717, 1.165) is 5.56 Å². The van der Waals surface area contributed by atoms with Crippen molar-refractivity contribution in [2.45, 2.75) is 35.6 Å². The summed E-state index contributed by atoms with van der Waals surface area (Å²) in [7, 11) is -0.902. The average Bonchev–Trinajstić information content (AvgIpc) is 2.86. The molecule has 0 amide bonds. The highest BCUT2D eigenvalue weighted by molar-refractivity contribution is 7.92. The first-order valence-corrected chi connectivity index (χ1v) is 8.12. The topological polar surface area (TPSA) is 82.1 Å². The van der Waals surface area contributed by atoms with Gasteiger partial charge < -0.3 is 19.3 Å². The van der Waals surface area contributed by atoms with Gasteiger partial charge in [-0.3, -0.25) is 0 Å². The summed E-state index contributed by atoms with van der Waals surface area (Å²) in [6, 6.07) is 6.55. The van der Waals surface area contributed by atoms with Crippen molar-refractivity contribution >= 4 is 9.84 Å². The number of hydrogen-bond acceptors (Lipinski definition) is 6. The Kier molecular flexibility index (Phi) is 5.00. The van der Waals surface area contributed by atoms with Gasteiger partial charge in [-0.2, -0.15) is 0 Å². The molecule has 118 valence electrons. The van der Waals surface area contributed by atoms with Crippen molar-refractivity contribution in [1.29, 1.82) is 0 Å². The van der Waals surface area contributed by atoms with Crippen LogP contribution in [0.15, 0.2) is 29.2 Å². The summed E-state index contributed by atoms with van der Waals surface area (Å²) in [4.78, 5) is 0.180. The van der Waals surface area contributed by atoms with E-state index in [-0.39, 0.29) is 4.90 Å². The molecule has 0 aliphatic carbocycles. The molecular formula is C14H20O6S. The first kappa shape index (κ1) is 16.4. The molecule has 1 fully saturated rings. The second-order valence-corrected chi connectivity index (χ2v) is 7.09. The van der Waals surface area contributed by atoms with E-state index in [0.29, 0.717) is 0 Å². The fraction of sp³-hybridized carbons (Fsp3) is 0.571. The van der Waals surface area contributed by atoms with Crippen LogP contribution in [0.2, 0.25) is 0 Å². The monoisotopic (exact) mass is 316 g/mol. The van der Waals surface area contributed by atoms with Crippen LogP contribution in [0.1, 0.15) is 5.56 Å². The molecule has 6 nitrogen and oxygen atoms in total. The number of methoxy groups -OCH3 is 2. The number of rotatable bonds is 5. The van der Waals surface area contributed by atoms with Gasteiger partial charge in [0, 0.05) is 14.2 Å². The zero-order valence-corrected chi connectivity index (χ0v) is 13.0. The Hall–Kier alpha value is -0.990. The Morgan fingerprint density at radius 1 is 1.19 bits per heavy atom. The Morgan fingerprint density at radius 3 is 2.29 bits per heavy atom. The first-order chi connectivity index (χ1) is 9.95. The van der Waals surface area contributed by atoms with E-state index in [1.54, 1.807) is 24.3 Å². The number of hydrogen-bond donors (Lipinski definition) is 1. The van der Waals surface area contributed by atoms with Crippen LogP contribution in [0.4, 0.5) is 0 Å². The minimum atomic E-state index is -3.71. The first-order valence-electron chi connectivity index (χ1n) is 6.58. The number of aryl methyl sites for hydroxylation is 1. The Balaban J connectivity index is 2.42. The van der Waals surface area contributed by atoms with E-state index in [4.69, 9.17) is 14.2 Å². The number of benzene rings is 1. The van der Waals surface area contributed by atoms with Crippen LogP contribution in [0, 0.1) is 6.92 Å². The van der Waals surface area contributed by atoms with E-state index >= 15 is 0 Å². The fourth-order valence-corrected chi connectivity index (χ4v) is 4.51. The smallest absolute Gasteiger partial charge is 0.186 e.